The van der Waals surface area contributed by atoms with Crippen LogP contribution in [0.2, 0.25) is 0 Å². The fourth-order valence-electron chi connectivity index (χ4n) is 11.3. The van der Waals surface area contributed by atoms with E-state index in [0.717, 1.165) is 23.5 Å². The molecule has 11 aromatic carbocycles. The number of nitrogens with zero attached hydrogens (tertiary/aromatic N) is 1. The summed E-state index contributed by atoms with van der Waals surface area (Å²) < 4.78 is 0. The molecule has 1 nitrogen and oxygen atoms in total. The van der Waals surface area contributed by atoms with Gasteiger partial charge in [-0.1, -0.05) is 218 Å². The molecule has 0 amide bonds. The Labute approximate surface area is 391 Å². The SMILES string of the molecule is C1=Cc2cc(-c3ccc(N(c4cccc(-c5ccc6ccc7ccccc7c6c5)c4)c4cccc5c4-c4ccccc4C5(c4ccccc4)c4ccccc4)cc3)c3ccccc3c2C=CC1. The summed E-state index contributed by atoms with van der Waals surface area (Å²) in [6, 6.07) is 87.9. The number of allylic oxidation sites excluding steroid dienone is 2. The molecule has 0 aromatic heterocycles. The van der Waals surface area contributed by atoms with E-state index in [1.54, 1.807) is 0 Å². The zero-order valence-corrected chi connectivity index (χ0v) is 37.0. The zero-order chi connectivity index (χ0) is 44.3. The highest BCUT2D eigenvalue weighted by molar-refractivity contribution is 6.09. The number of benzene rings is 11. The number of rotatable bonds is 7. The molecule has 13 rings (SSSR count). The standard InChI is InChI=1S/C66H45N/c1-4-19-50-44-61(58-29-13-12-28-57(58)56(50)26-9-1)47-38-40-53(41-39-47)67(54-25-16-20-48(42-54)49-37-36-46-35-34-45-18-10-11-27-55(45)60(46)43-49)64-33-17-32-63-65(64)59-30-14-15-31-62(59)66(63,51-21-5-2-6-22-51)52-23-7-3-8-24-52/h2-44H,1H2. The van der Waals surface area contributed by atoms with Crippen molar-refractivity contribution in [2.45, 2.75) is 11.8 Å². The summed E-state index contributed by atoms with van der Waals surface area (Å²) in [5, 5.41) is 7.57. The second-order valence-corrected chi connectivity index (χ2v) is 17.9. The molecule has 2 aliphatic carbocycles. The monoisotopic (exact) mass is 851 g/mol. The Bertz CT molecular complexity index is 3720. The minimum absolute atomic E-state index is 0.522. The van der Waals surface area contributed by atoms with Gasteiger partial charge < -0.3 is 4.90 Å². The van der Waals surface area contributed by atoms with Crippen LogP contribution in [0, 0.1) is 0 Å². The molecule has 1 heteroatoms. The largest absolute Gasteiger partial charge is 0.310 e. The number of hydrogen-bond donors (Lipinski definition) is 0. The molecule has 11 aromatic rings. The molecule has 0 N–H and O–H groups in total. The molecular weight excluding hydrogens is 807 g/mol. The van der Waals surface area contributed by atoms with Crippen molar-refractivity contribution >= 4 is 61.5 Å². The fourth-order valence-corrected chi connectivity index (χ4v) is 11.3. The van der Waals surface area contributed by atoms with Gasteiger partial charge in [-0.05, 0) is 142 Å². The van der Waals surface area contributed by atoms with Gasteiger partial charge >= 0.3 is 0 Å². The van der Waals surface area contributed by atoms with E-state index in [0.29, 0.717) is 0 Å². The number of fused-ring (bicyclic) bond motifs is 9. The lowest BCUT2D eigenvalue weighted by Crippen LogP contribution is -2.28. The van der Waals surface area contributed by atoms with Crippen LogP contribution in [0.15, 0.2) is 249 Å². The Morgan fingerprint density at radius 1 is 0.358 bits per heavy atom. The Balaban J connectivity index is 1.04. The van der Waals surface area contributed by atoms with E-state index in [1.165, 1.54) is 99.1 Å². The average molecular weight is 852 g/mol. The Hall–Kier alpha value is -8.52. The maximum absolute atomic E-state index is 2.49. The molecule has 0 saturated heterocycles. The summed E-state index contributed by atoms with van der Waals surface area (Å²) in [6.07, 6.45) is 10.0. The van der Waals surface area contributed by atoms with E-state index < -0.39 is 5.41 Å². The zero-order valence-electron chi connectivity index (χ0n) is 37.0. The van der Waals surface area contributed by atoms with Crippen molar-refractivity contribution < 1.29 is 0 Å². The van der Waals surface area contributed by atoms with Gasteiger partial charge in [0.25, 0.3) is 0 Å². The van der Waals surface area contributed by atoms with Crippen molar-refractivity contribution in [1.29, 1.82) is 0 Å². The third-order valence-electron chi connectivity index (χ3n) is 14.3. The quantitative estimate of drug-likeness (QED) is 0.144. The van der Waals surface area contributed by atoms with Gasteiger partial charge in [0.15, 0.2) is 0 Å². The van der Waals surface area contributed by atoms with E-state index in [4.69, 9.17) is 0 Å². The second kappa shape index (κ2) is 15.9. The van der Waals surface area contributed by atoms with Crippen LogP contribution in [0.3, 0.4) is 0 Å². The molecule has 0 heterocycles. The fraction of sp³-hybridized carbons (Fsp3) is 0.0303. The topological polar surface area (TPSA) is 3.24 Å². The molecule has 314 valence electrons. The third kappa shape index (κ3) is 6.23. The van der Waals surface area contributed by atoms with Gasteiger partial charge in [0, 0.05) is 16.9 Å². The Morgan fingerprint density at radius 3 is 1.78 bits per heavy atom. The van der Waals surface area contributed by atoms with Crippen molar-refractivity contribution in [2.75, 3.05) is 4.90 Å². The van der Waals surface area contributed by atoms with E-state index in [-0.39, 0.29) is 0 Å². The summed E-state index contributed by atoms with van der Waals surface area (Å²) in [5.74, 6) is 0. The van der Waals surface area contributed by atoms with Crippen LogP contribution in [0.1, 0.15) is 39.8 Å². The Morgan fingerprint density at radius 2 is 0.970 bits per heavy atom. The van der Waals surface area contributed by atoms with Gasteiger partial charge in [0.2, 0.25) is 0 Å². The van der Waals surface area contributed by atoms with Crippen LogP contribution < -0.4 is 4.90 Å². The van der Waals surface area contributed by atoms with Gasteiger partial charge in [-0.3, -0.25) is 0 Å². The third-order valence-corrected chi connectivity index (χ3v) is 14.3. The highest BCUT2D eigenvalue weighted by atomic mass is 15.1. The van der Waals surface area contributed by atoms with E-state index in [1.807, 2.05) is 0 Å². The van der Waals surface area contributed by atoms with Crippen LogP contribution in [0.25, 0.3) is 77.9 Å². The van der Waals surface area contributed by atoms with Gasteiger partial charge in [0.1, 0.15) is 0 Å². The van der Waals surface area contributed by atoms with Crippen LogP contribution in [-0.4, -0.2) is 0 Å². The van der Waals surface area contributed by atoms with Crippen molar-refractivity contribution in [2.24, 2.45) is 0 Å². The first-order valence-electron chi connectivity index (χ1n) is 23.4. The molecule has 0 radical (unpaired) electrons. The molecular formula is C66H45N. The molecule has 0 saturated carbocycles. The van der Waals surface area contributed by atoms with Crippen LogP contribution >= 0.6 is 0 Å². The van der Waals surface area contributed by atoms with E-state index >= 15 is 0 Å². The van der Waals surface area contributed by atoms with Gasteiger partial charge in [0.05, 0.1) is 11.1 Å². The maximum Gasteiger partial charge on any atom is 0.0714 e. The lowest BCUT2D eigenvalue weighted by Gasteiger charge is -2.34. The van der Waals surface area contributed by atoms with Crippen molar-refractivity contribution in [3.8, 4) is 33.4 Å². The smallest absolute Gasteiger partial charge is 0.0714 e. The van der Waals surface area contributed by atoms with Gasteiger partial charge in [-0.2, -0.15) is 0 Å². The van der Waals surface area contributed by atoms with Gasteiger partial charge in [-0.25, -0.2) is 0 Å². The lowest BCUT2D eigenvalue weighted by molar-refractivity contribution is 0.768. The average Bonchev–Trinajstić information content (AvgIpc) is 3.50. The van der Waals surface area contributed by atoms with Crippen molar-refractivity contribution in [3.63, 3.8) is 0 Å². The molecule has 0 spiro atoms. The van der Waals surface area contributed by atoms with Crippen LogP contribution in [0.5, 0.6) is 0 Å². The first-order chi connectivity index (χ1) is 33.2. The van der Waals surface area contributed by atoms with Crippen molar-refractivity contribution in [3.05, 3.63) is 282 Å². The summed E-state index contributed by atoms with van der Waals surface area (Å²) in [5.41, 5.74) is 17.7. The highest BCUT2D eigenvalue weighted by Gasteiger charge is 2.47. The molecule has 0 unspecified atom stereocenters. The minimum Gasteiger partial charge on any atom is -0.310 e. The molecule has 0 fully saturated rings. The minimum atomic E-state index is -0.522. The summed E-state index contributed by atoms with van der Waals surface area (Å²) in [7, 11) is 0. The molecule has 0 aliphatic heterocycles. The summed E-state index contributed by atoms with van der Waals surface area (Å²) in [6.45, 7) is 0. The maximum atomic E-state index is 2.49. The van der Waals surface area contributed by atoms with Crippen LogP contribution in [-0.2, 0) is 5.41 Å². The normalized spacial score (nSPS) is 13.3. The van der Waals surface area contributed by atoms with E-state index in [2.05, 4.69) is 266 Å². The molecule has 0 atom stereocenters. The van der Waals surface area contributed by atoms with E-state index in [9.17, 15) is 0 Å². The number of hydrogen-bond acceptors (Lipinski definition) is 1. The molecule has 2 aliphatic rings. The second-order valence-electron chi connectivity index (χ2n) is 17.9. The summed E-state index contributed by atoms with van der Waals surface area (Å²) in [4.78, 5) is 2.49. The first-order valence-corrected chi connectivity index (χ1v) is 23.4. The first kappa shape index (κ1) is 38.9. The lowest BCUT2D eigenvalue weighted by atomic mass is 9.68. The molecule has 67 heavy (non-hydrogen) atoms. The highest BCUT2D eigenvalue weighted by Crippen LogP contribution is 2.59. The van der Waals surface area contributed by atoms with Gasteiger partial charge in [-0.15, -0.1) is 0 Å². The molecule has 0 bridgehead atoms. The van der Waals surface area contributed by atoms with Crippen LogP contribution in [0.4, 0.5) is 17.1 Å². The predicted octanol–water partition coefficient (Wildman–Crippen LogP) is 17.7. The van der Waals surface area contributed by atoms with Crippen molar-refractivity contribution in [1.82, 2.24) is 0 Å². The number of anilines is 3. The summed E-state index contributed by atoms with van der Waals surface area (Å²) >= 11 is 0. The Kier molecular flexibility index (Phi) is 9.21. The predicted molar refractivity (Wildman–Crippen MR) is 285 cm³/mol.